The van der Waals surface area contributed by atoms with Gasteiger partial charge >= 0.3 is 0 Å². The molecule has 0 bridgehead atoms. The third-order valence-electron chi connectivity index (χ3n) is 3.62. The zero-order chi connectivity index (χ0) is 20.3. The molecule has 3 rings (SSSR count). The third kappa shape index (κ3) is 4.64. The summed E-state index contributed by atoms with van der Waals surface area (Å²) in [5, 5.41) is 3.01. The number of halogens is 1. The summed E-state index contributed by atoms with van der Waals surface area (Å²) >= 11 is 7.79. The van der Waals surface area contributed by atoms with Gasteiger partial charge in [-0.1, -0.05) is 41.6 Å². The molecule has 1 amide bonds. The van der Waals surface area contributed by atoms with Crippen molar-refractivity contribution in [2.24, 2.45) is 0 Å². The Hall–Kier alpha value is -2.14. The first-order chi connectivity index (χ1) is 13.3. The average molecular weight is 455 g/mol. The van der Waals surface area contributed by atoms with Gasteiger partial charge < -0.3 is 11.1 Å². The molecule has 0 aliphatic carbocycles. The Kier molecular flexibility index (Phi) is 6.23. The van der Waals surface area contributed by atoms with Crippen molar-refractivity contribution in [3.63, 3.8) is 0 Å². The fourth-order valence-electron chi connectivity index (χ4n) is 2.22. The molecule has 0 radical (unpaired) electrons. The van der Waals surface area contributed by atoms with E-state index >= 15 is 0 Å². The van der Waals surface area contributed by atoms with E-state index in [4.69, 9.17) is 17.3 Å². The van der Waals surface area contributed by atoms with Crippen LogP contribution in [-0.2, 0) is 14.6 Å². The molecule has 146 valence electrons. The van der Waals surface area contributed by atoms with Crippen LogP contribution in [0.2, 0.25) is 4.34 Å². The number of para-hydroxylation sites is 1. The summed E-state index contributed by atoms with van der Waals surface area (Å²) in [5.74, 6) is -0.354. The monoisotopic (exact) mass is 454 g/mol. The standard InChI is InChI=1S/C17H15ClN4O3S3/c1-10-4-2-3-5-11(10)21-14(23)9-26-17-20-8-12(16(19)22-17)28(24,25)15-7-6-13(18)27-15/h2-8H,9H2,1H3,(H,21,23)(H2,19,20,22). The molecule has 7 nitrogen and oxygen atoms in total. The van der Waals surface area contributed by atoms with Crippen LogP contribution < -0.4 is 11.1 Å². The minimum Gasteiger partial charge on any atom is -0.382 e. The van der Waals surface area contributed by atoms with E-state index in [0.29, 0.717) is 4.34 Å². The summed E-state index contributed by atoms with van der Waals surface area (Å²) in [6.07, 6.45) is 1.15. The number of amides is 1. The van der Waals surface area contributed by atoms with Gasteiger partial charge in [-0.15, -0.1) is 11.3 Å². The number of thiophene rings is 1. The minimum absolute atomic E-state index is 0.0560. The number of nitrogens with one attached hydrogen (secondary N) is 1. The van der Waals surface area contributed by atoms with E-state index in [1.807, 2.05) is 31.2 Å². The second kappa shape index (κ2) is 8.48. The summed E-state index contributed by atoms with van der Waals surface area (Å²) in [4.78, 5) is 19.9. The molecular weight excluding hydrogens is 440 g/mol. The molecule has 0 aliphatic rings. The highest BCUT2D eigenvalue weighted by molar-refractivity contribution is 7.99. The Morgan fingerprint density at radius 1 is 1.29 bits per heavy atom. The lowest BCUT2D eigenvalue weighted by Crippen LogP contribution is -2.15. The van der Waals surface area contributed by atoms with E-state index < -0.39 is 9.84 Å². The van der Waals surface area contributed by atoms with Gasteiger partial charge in [-0.05, 0) is 30.7 Å². The van der Waals surface area contributed by atoms with Gasteiger partial charge in [0.15, 0.2) is 5.16 Å². The normalized spacial score (nSPS) is 11.4. The largest absolute Gasteiger partial charge is 0.382 e. The maximum Gasteiger partial charge on any atom is 0.234 e. The molecule has 0 saturated carbocycles. The zero-order valence-electron chi connectivity index (χ0n) is 14.5. The summed E-state index contributed by atoms with van der Waals surface area (Å²) in [6, 6.07) is 10.3. The van der Waals surface area contributed by atoms with E-state index in [1.54, 1.807) is 0 Å². The predicted octanol–water partition coefficient (Wildman–Crippen LogP) is 3.65. The summed E-state index contributed by atoms with van der Waals surface area (Å²) in [7, 11) is -3.85. The predicted molar refractivity (Wildman–Crippen MR) is 112 cm³/mol. The molecule has 1 aromatic carbocycles. The van der Waals surface area contributed by atoms with Crippen LogP contribution in [0.1, 0.15) is 5.56 Å². The number of benzene rings is 1. The molecule has 0 atom stereocenters. The van der Waals surface area contributed by atoms with Crippen LogP contribution in [0.25, 0.3) is 0 Å². The molecule has 0 fully saturated rings. The highest BCUT2D eigenvalue weighted by atomic mass is 35.5. The van der Waals surface area contributed by atoms with Crippen molar-refractivity contribution in [1.82, 2.24) is 9.97 Å². The number of aryl methyl sites for hydroxylation is 1. The number of hydrogen-bond acceptors (Lipinski definition) is 8. The Bertz CT molecular complexity index is 1130. The lowest BCUT2D eigenvalue weighted by Gasteiger charge is -2.08. The molecular formula is C17H15ClN4O3S3. The van der Waals surface area contributed by atoms with Gasteiger partial charge in [0.2, 0.25) is 15.7 Å². The van der Waals surface area contributed by atoms with Gasteiger partial charge in [-0.25, -0.2) is 18.4 Å². The van der Waals surface area contributed by atoms with Crippen molar-refractivity contribution >= 4 is 61.9 Å². The van der Waals surface area contributed by atoms with Gasteiger partial charge in [0, 0.05) is 5.69 Å². The second-order valence-corrected chi connectivity index (χ2v) is 10.4. The first-order valence-electron chi connectivity index (χ1n) is 7.88. The van der Waals surface area contributed by atoms with Crippen LogP contribution in [0, 0.1) is 6.92 Å². The first kappa shape index (κ1) is 20.6. The van der Waals surface area contributed by atoms with Crippen molar-refractivity contribution in [2.75, 3.05) is 16.8 Å². The topological polar surface area (TPSA) is 115 Å². The van der Waals surface area contributed by atoms with Gasteiger partial charge in [0.05, 0.1) is 16.3 Å². The Balaban J connectivity index is 1.69. The number of thioether (sulfide) groups is 1. The molecule has 3 N–H and O–H groups in total. The van der Waals surface area contributed by atoms with E-state index in [0.717, 1.165) is 40.5 Å². The quantitative estimate of drug-likeness (QED) is 0.431. The van der Waals surface area contributed by atoms with Crippen LogP contribution in [0.3, 0.4) is 0 Å². The Morgan fingerprint density at radius 2 is 2.04 bits per heavy atom. The van der Waals surface area contributed by atoms with Crippen molar-refractivity contribution < 1.29 is 13.2 Å². The lowest BCUT2D eigenvalue weighted by molar-refractivity contribution is -0.113. The average Bonchev–Trinajstić information content (AvgIpc) is 3.09. The van der Waals surface area contributed by atoms with Gasteiger partial charge in [-0.3, -0.25) is 4.79 Å². The highest BCUT2D eigenvalue weighted by Gasteiger charge is 2.24. The first-order valence-corrected chi connectivity index (χ1v) is 11.5. The SMILES string of the molecule is Cc1ccccc1NC(=O)CSc1ncc(S(=O)(=O)c2ccc(Cl)s2)c(N)n1. The zero-order valence-corrected chi connectivity index (χ0v) is 17.8. The van der Waals surface area contributed by atoms with E-state index in [-0.39, 0.29) is 31.7 Å². The number of carbonyl (C=O) groups is 1. The molecule has 28 heavy (non-hydrogen) atoms. The Morgan fingerprint density at radius 3 is 2.68 bits per heavy atom. The van der Waals surface area contributed by atoms with Crippen LogP contribution in [0.4, 0.5) is 11.5 Å². The number of carbonyl (C=O) groups excluding carboxylic acids is 1. The van der Waals surface area contributed by atoms with Crippen molar-refractivity contribution in [1.29, 1.82) is 0 Å². The summed E-state index contributed by atoms with van der Waals surface area (Å²) in [6.45, 7) is 1.90. The number of rotatable bonds is 6. The number of aromatic nitrogens is 2. The number of nitrogen functional groups attached to an aromatic ring is 1. The smallest absolute Gasteiger partial charge is 0.234 e. The Labute approximate surface area is 175 Å². The molecule has 0 aliphatic heterocycles. The molecule has 2 aromatic heterocycles. The molecule has 0 spiro atoms. The molecule has 3 aromatic rings. The molecule has 0 unspecified atom stereocenters. The summed E-state index contributed by atoms with van der Waals surface area (Å²) < 4.78 is 25.6. The summed E-state index contributed by atoms with van der Waals surface area (Å²) in [5.41, 5.74) is 7.50. The van der Waals surface area contributed by atoms with Gasteiger partial charge in [0.25, 0.3) is 0 Å². The lowest BCUT2D eigenvalue weighted by atomic mass is 10.2. The van der Waals surface area contributed by atoms with Crippen LogP contribution in [0.15, 0.2) is 56.9 Å². The number of anilines is 2. The minimum atomic E-state index is -3.85. The maximum atomic E-state index is 12.6. The second-order valence-electron chi connectivity index (χ2n) is 5.62. The highest BCUT2D eigenvalue weighted by Crippen LogP contribution is 2.32. The molecule has 0 saturated heterocycles. The number of hydrogen-bond donors (Lipinski definition) is 2. The van der Waals surface area contributed by atoms with Crippen LogP contribution in [0.5, 0.6) is 0 Å². The molecule has 2 heterocycles. The van der Waals surface area contributed by atoms with Crippen molar-refractivity contribution in [3.05, 3.63) is 52.5 Å². The van der Waals surface area contributed by atoms with E-state index in [9.17, 15) is 13.2 Å². The maximum absolute atomic E-state index is 12.6. The van der Waals surface area contributed by atoms with Gasteiger partial charge in [0.1, 0.15) is 14.9 Å². The van der Waals surface area contributed by atoms with E-state index in [1.165, 1.54) is 12.1 Å². The number of nitrogens with two attached hydrogens (primary N) is 1. The number of sulfone groups is 1. The fourth-order valence-corrected chi connectivity index (χ4v) is 5.71. The van der Waals surface area contributed by atoms with E-state index in [2.05, 4.69) is 15.3 Å². The van der Waals surface area contributed by atoms with Crippen LogP contribution >= 0.6 is 34.7 Å². The number of nitrogens with zero attached hydrogens (tertiary/aromatic N) is 2. The third-order valence-corrected chi connectivity index (χ3v) is 7.97. The van der Waals surface area contributed by atoms with Crippen molar-refractivity contribution in [2.45, 2.75) is 21.2 Å². The van der Waals surface area contributed by atoms with Crippen molar-refractivity contribution in [3.8, 4) is 0 Å². The van der Waals surface area contributed by atoms with Gasteiger partial charge in [-0.2, -0.15) is 0 Å². The fraction of sp³-hybridized carbons (Fsp3) is 0.118. The molecule has 11 heteroatoms. The van der Waals surface area contributed by atoms with Crippen LogP contribution in [-0.4, -0.2) is 30.0 Å².